The first-order chi connectivity index (χ1) is 30.8. The predicted molar refractivity (Wildman–Crippen MR) is 230 cm³/mol. The molecule has 0 aliphatic carbocycles. The van der Waals surface area contributed by atoms with E-state index in [-0.39, 0.29) is 80.6 Å². The van der Waals surface area contributed by atoms with E-state index in [1.54, 1.807) is 40.7 Å². The number of benzene rings is 1. The summed E-state index contributed by atoms with van der Waals surface area (Å²) in [6, 6.07) is 3.97. The van der Waals surface area contributed by atoms with Crippen molar-refractivity contribution in [1.82, 2.24) is 30.4 Å². The number of imide groups is 1. The number of aryl methyl sites for hydroxylation is 1. The number of unbranched alkanes of at least 4 members (excludes halogenated alkanes) is 1. The molecule has 3 atom stereocenters. The highest BCUT2D eigenvalue weighted by molar-refractivity contribution is 6.14. The number of carbonyl (C=O) groups is 8. The molecule has 3 aromatic rings. The first-order valence-electron chi connectivity index (χ1n) is 21.6. The predicted octanol–water partition coefficient (Wildman–Crippen LogP) is 2.07. The molecule has 3 aliphatic rings. The molecule has 0 unspecified atom stereocenters. The second-order valence-corrected chi connectivity index (χ2v) is 17.0. The Morgan fingerprint density at radius 3 is 2.40 bits per heavy atom. The van der Waals surface area contributed by atoms with Crippen molar-refractivity contribution in [1.29, 1.82) is 0 Å². The number of rotatable bonds is 21. The molecule has 4 N–H and O–H groups in total. The number of hydrogen-bond donors (Lipinski definition) is 4. The fraction of sp³-hybridized carbons (Fsp3) is 0.478. The molecule has 5 amide bonds. The molecule has 19 heteroatoms. The van der Waals surface area contributed by atoms with Gasteiger partial charge in [0.25, 0.3) is 17.4 Å². The summed E-state index contributed by atoms with van der Waals surface area (Å²) in [7, 11) is 0. The van der Waals surface area contributed by atoms with E-state index in [0.717, 1.165) is 33.6 Å². The molecule has 6 rings (SSSR count). The molecule has 0 bridgehead atoms. The van der Waals surface area contributed by atoms with Crippen molar-refractivity contribution in [3.05, 3.63) is 74.3 Å². The Bertz CT molecular complexity index is 2550. The number of halogens is 1. The molecule has 3 aliphatic heterocycles. The highest BCUT2D eigenvalue weighted by Gasteiger charge is 2.45. The van der Waals surface area contributed by atoms with Crippen molar-refractivity contribution in [2.45, 2.75) is 104 Å². The van der Waals surface area contributed by atoms with Gasteiger partial charge in [0.1, 0.15) is 25.7 Å². The zero-order chi connectivity index (χ0) is 47.3. The van der Waals surface area contributed by atoms with Gasteiger partial charge in [-0.3, -0.25) is 43.3 Å². The summed E-state index contributed by atoms with van der Waals surface area (Å²) < 4.78 is 27.6. The number of aromatic nitrogens is 2. The fourth-order valence-corrected chi connectivity index (χ4v) is 8.17. The van der Waals surface area contributed by atoms with Crippen molar-refractivity contribution in [3.63, 3.8) is 0 Å². The lowest BCUT2D eigenvalue weighted by molar-refractivity contribution is -0.172. The van der Waals surface area contributed by atoms with Crippen LogP contribution in [0.4, 0.5) is 4.39 Å². The smallest absolute Gasteiger partial charge is 0.343 e. The van der Waals surface area contributed by atoms with E-state index in [4.69, 9.17) is 14.5 Å². The van der Waals surface area contributed by atoms with Gasteiger partial charge in [-0.05, 0) is 61.8 Å². The summed E-state index contributed by atoms with van der Waals surface area (Å²) in [5.74, 6) is -6.13. The quantitative estimate of drug-likeness (QED) is 0.0405. The highest BCUT2D eigenvalue weighted by Crippen LogP contribution is 2.39. The highest BCUT2D eigenvalue weighted by atomic mass is 19.1. The molecule has 2 aromatic heterocycles. The van der Waals surface area contributed by atoms with Gasteiger partial charge in [0.2, 0.25) is 17.7 Å². The van der Waals surface area contributed by atoms with Crippen LogP contribution in [0.15, 0.2) is 35.1 Å². The van der Waals surface area contributed by atoms with E-state index in [1.165, 1.54) is 10.6 Å². The number of amides is 5. The van der Waals surface area contributed by atoms with Gasteiger partial charge in [-0.1, -0.05) is 27.7 Å². The summed E-state index contributed by atoms with van der Waals surface area (Å²) in [5.41, 5.74) is 1.36. The SMILES string of the molecule is CC[C@@]1(O)C(=O)OCc2c1cc1n(c2=O)Cc2cc3c(CCCCOCNC(=O)[C@H](C)CC(=O)[C@@H](NC(=O)CCC(=O)CNC(=O)CN4C(=O)C=CC4=O)C(C)C)c(C)c(F)cc3nc2-1. The number of nitrogens with one attached hydrogen (secondary N) is 3. The van der Waals surface area contributed by atoms with E-state index in [9.17, 15) is 48.3 Å². The van der Waals surface area contributed by atoms with E-state index in [0.29, 0.717) is 41.7 Å². The largest absolute Gasteiger partial charge is 0.458 e. The Morgan fingerprint density at radius 2 is 1.71 bits per heavy atom. The first-order valence-corrected chi connectivity index (χ1v) is 21.6. The molecule has 1 aromatic carbocycles. The van der Waals surface area contributed by atoms with Crippen molar-refractivity contribution in [2.75, 3.05) is 26.4 Å². The Balaban J connectivity index is 0.932. The van der Waals surface area contributed by atoms with E-state index < -0.39 is 77.8 Å². The van der Waals surface area contributed by atoms with Gasteiger partial charge in [-0.25, -0.2) is 14.2 Å². The van der Waals surface area contributed by atoms with Crippen LogP contribution in [0.25, 0.3) is 22.3 Å². The molecule has 0 spiro atoms. The van der Waals surface area contributed by atoms with Gasteiger partial charge < -0.3 is 35.1 Å². The molecule has 0 radical (unpaired) electrons. The monoisotopic (exact) mass is 900 g/mol. The zero-order valence-electron chi connectivity index (χ0n) is 37.0. The zero-order valence-corrected chi connectivity index (χ0v) is 37.0. The standard InChI is InChI=1S/C46H53FN6O12/c1-6-46(63)32-17-35-42-27(20-52(35)44(61)31(32)22-65-45(46)62)16-30-29(26(5)33(47)18-34(30)50-42)9-7-8-14-64-23-49-43(60)25(4)15-36(55)41(24(2)3)51-37(56)11-10-28(54)19-48-38(57)21-53-39(58)12-13-40(53)59/h12-13,16-18,24-25,41,63H,6-11,14-15,19-23H2,1-5H3,(H,48,57)(H,49,60)(H,51,56)/t25-,41+,46+/m1/s1. The lowest BCUT2D eigenvalue weighted by atomic mass is 9.86. The second-order valence-electron chi connectivity index (χ2n) is 17.0. The third-order valence-corrected chi connectivity index (χ3v) is 12.1. The van der Waals surface area contributed by atoms with Crippen molar-refractivity contribution in [3.8, 4) is 11.4 Å². The van der Waals surface area contributed by atoms with Gasteiger partial charge in [0.05, 0.1) is 41.6 Å². The average molecular weight is 901 g/mol. The van der Waals surface area contributed by atoms with Gasteiger partial charge in [-0.2, -0.15) is 0 Å². The molecule has 0 saturated carbocycles. The number of ether oxygens (including phenoxy) is 2. The van der Waals surface area contributed by atoms with Crippen LogP contribution in [0.2, 0.25) is 0 Å². The molecule has 346 valence electrons. The minimum atomic E-state index is -1.96. The fourth-order valence-electron chi connectivity index (χ4n) is 8.17. The Hall–Kier alpha value is -6.47. The number of cyclic esters (lactones) is 1. The molecular formula is C46H53FN6O12. The van der Waals surface area contributed by atoms with Crippen LogP contribution in [-0.2, 0) is 73.0 Å². The molecule has 0 fully saturated rings. The number of aliphatic hydroxyl groups is 1. The van der Waals surface area contributed by atoms with Crippen molar-refractivity contribution >= 4 is 58.0 Å². The van der Waals surface area contributed by atoms with E-state index in [1.807, 2.05) is 6.07 Å². The number of esters is 1. The van der Waals surface area contributed by atoms with E-state index in [2.05, 4.69) is 16.0 Å². The minimum absolute atomic E-state index is 0.0127. The summed E-state index contributed by atoms with van der Waals surface area (Å²) in [6.45, 7) is 7.56. The first kappa shape index (κ1) is 48.0. The Morgan fingerprint density at radius 1 is 0.985 bits per heavy atom. The van der Waals surface area contributed by atoms with Gasteiger partial charge in [0, 0.05) is 66.5 Å². The number of fused-ring (bicyclic) bond motifs is 5. The van der Waals surface area contributed by atoms with Crippen molar-refractivity contribution < 1.29 is 57.3 Å². The summed E-state index contributed by atoms with van der Waals surface area (Å²) >= 11 is 0. The molecule has 65 heavy (non-hydrogen) atoms. The summed E-state index contributed by atoms with van der Waals surface area (Å²) in [4.78, 5) is 118. The number of Topliss-reactive ketones (excluding diaryl/α,β-unsaturated/α-hetero) is 2. The Labute approximate surface area is 373 Å². The lowest BCUT2D eigenvalue weighted by Crippen LogP contribution is -2.46. The summed E-state index contributed by atoms with van der Waals surface area (Å²) in [5, 5.41) is 19.5. The number of nitrogens with zero attached hydrogens (tertiary/aromatic N) is 3. The number of carbonyl (C=O) groups excluding carboxylic acids is 8. The summed E-state index contributed by atoms with van der Waals surface area (Å²) in [6.07, 6.45) is 3.11. The minimum Gasteiger partial charge on any atom is -0.458 e. The number of hydrogen-bond acceptors (Lipinski definition) is 13. The van der Waals surface area contributed by atoms with Crippen LogP contribution in [-0.4, -0.2) is 99.1 Å². The van der Waals surface area contributed by atoms with Crippen LogP contribution < -0.4 is 21.5 Å². The average Bonchev–Trinajstić information content (AvgIpc) is 3.79. The van der Waals surface area contributed by atoms with Crippen LogP contribution in [0.5, 0.6) is 0 Å². The normalized spacial score (nSPS) is 17.1. The van der Waals surface area contributed by atoms with Crippen LogP contribution in [0.3, 0.4) is 0 Å². The molecule has 0 saturated heterocycles. The van der Waals surface area contributed by atoms with Gasteiger partial charge in [0.15, 0.2) is 17.2 Å². The van der Waals surface area contributed by atoms with Crippen LogP contribution in [0.1, 0.15) is 94.0 Å². The van der Waals surface area contributed by atoms with E-state index >= 15 is 4.39 Å². The second kappa shape index (κ2) is 20.1. The maximum absolute atomic E-state index is 15.3. The molecular weight excluding hydrogens is 848 g/mol. The van der Waals surface area contributed by atoms with Gasteiger partial charge >= 0.3 is 5.97 Å². The van der Waals surface area contributed by atoms with Crippen molar-refractivity contribution in [2.24, 2.45) is 11.8 Å². The lowest BCUT2D eigenvalue weighted by Gasteiger charge is -2.31. The molecule has 5 heterocycles. The third-order valence-electron chi connectivity index (χ3n) is 12.1. The van der Waals surface area contributed by atoms with Crippen LogP contribution in [0, 0.1) is 24.6 Å². The maximum atomic E-state index is 15.3. The topological polar surface area (TPSA) is 249 Å². The number of ketones is 2. The van der Waals surface area contributed by atoms with Gasteiger partial charge in [-0.15, -0.1) is 0 Å². The third kappa shape index (κ3) is 10.4. The number of pyridine rings is 2. The maximum Gasteiger partial charge on any atom is 0.343 e. The molecule has 18 nitrogen and oxygen atoms in total. The Kier molecular flexibility index (Phi) is 14.9. The van der Waals surface area contributed by atoms with Crippen LogP contribution >= 0.6 is 0 Å².